The monoisotopic (exact) mass is 323 g/mol. The fourth-order valence-electron chi connectivity index (χ4n) is 2.56. The molecule has 0 heterocycles. The Morgan fingerprint density at radius 1 is 0.909 bits per heavy atom. The van der Waals surface area contributed by atoms with Crippen molar-refractivity contribution < 1.29 is 4.74 Å². The second-order valence-corrected chi connectivity index (χ2v) is 7.10. The van der Waals surface area contributed by atoms with Crippen LogP contribution in [0.25, 0.3) is 0 Å². The first-order valence-corrected chi connectivity index (χ1v) is 9.82. The van der Waals surface area contributed by atoms with E-state index in [1.54, 1.807) is 7.11 Å². The molecular formula is C19H33NOS. The molecule has 1 aromatic carbocycles. The van der Waals surface area contributed by atoms with Crippen LogP contribution in [0.1, 0.15) is 71.1 Å². The molecule has 0 aliphatic heterocycles. The van der Waals surface area contributed by atoms with Crippen molar-refractivity contribution in [3.8, 4) is 5.75 Å². The molecule has 0 amide bonds. The lowest BCUT2D eigenvalue weighted by Crippen LogP contribution is -1.92. The van der Waals surface area contributed by atoms with Gasteiger partial charge in [0.25, 0.3) is 0 Å². The average Bonchev–Trinajstić information content (AvgIpc) is 2.54. The molecule has 2 nitrogen and oxygen atoms in total. The number of ether oxygens (including phenoxy) is 1. The van der Waals surface area contributed by atoms with Gasteiger partial charge in [-0.2, -0.15) is 0 Å². The molecule has 0 saturated heterocycles. The molecule has 0 spiro atoms. The lowest BCUT2D eigenvalue weighted by molar-refractivity contribution is 0.416. The third-order valence-electron chi connectivity index (χ3n) is 3.97. The number of unbranched alkanes of at least 4 members (excludes halogenated alkanes) is 9. The zero-order chi connectivity index (χ0) is 16.0. The van der Waals surface area contributed by atoms with Crippen molar-refractivity contribution in [2.24, 2.45) is 0 Å². The Hall–Kier alpha value is -0.830. The lowest BCUT2D eigenvalue weighted by atomic mass is 10.1. The van der Waals surface area contributed by atoms with Crippen LogP contribution in [0.2, 0.25) is 0 Å². The summed E-state index contributed by atoms with van der Waals surface area (Å²) in [7, 11) is 1.67. The highest BCUT2D eigenvalue weighted by Gasteiger charge is 2.01. The van der Waals surface area contributed by atoms with Gasteiger partial charge in [-0.05, 0) is 30.4 Å². The minimum atomic E-state index is 0.714. The zero-order valence-corrected chi connectivity index (χ0v) is 15.2. The SMILES string of the molecule is CCCCCCCCCCCCSc1ccc(N)c(OC)c1. The maximum Gasteiger partial charge on any atom is 0.142 e. The van der Waals surface area contributed by atoms with E-state index in [2.05, 4.69) is 13.0 Å². The maximum atomic E-state index is 5.83. The van der Waals surface area contributed by atoms with Crippen LogP contribution < -0.4 is 10.5 Å². The summed E-state index contributed by atoms with van der Waals surface area (Å²) in [5.41, 5.74) is 6.54. The quantitative estimate of drug-likeness (QED) is 0.263. The van der Waals surface area contributed by atoms with Gasteiger partial charge in [-0.3, -0.25) is 0 Å². The number of thioether (sulfide) groups is 1. The number of nitrogen functional groups attached to an aromatic ring is 1. The Kier molecular flexibility index (Phi) is 11.1. The molecule has 0 atom stereocenters. The van der Waals surface area contributed by atoms with Crippen molar-refractivity contribution in [2.75, 3.05) is 18.6 Å². The van der Waals surface area contributed by atoms with E-state index in [1.807, 2.05) is 23.9 Å². The summed E-state index contributed by atoms with van der Waals surface area (Å²) in [4.78, 5) is 1.25. The average molecular weight is 324 g/mol. The molecule has 0 aliphatic carbocycles. The molecule has 0 bridgehead atoms. The number of benzene rings is 1. The Morgan fingerprint density at radius 2 is 1.50 bits per heavy atom. The van der Waals surface area contributed by atoms with Crippen LogP contribution in [0.3, 0.4) is 0 Å². The van der Waals surface area contributed by atoms with E-state index in [0.29, 0.717) is 5.69 Å². The first-order valence-electron chi connectivity index (χ1n) is 8.84. The Labute approximate surface area is 141 Å². The molecule has 22 heavy (non-hydrogen) atoms. The van der Waals surface area contributed by atoms with Crippen LogP contribution in [-0.4, -0.2) is 12.9 Å². The largest absolute Gasteiger partial charge is 0.495 e. The van der Waals surface area contributed by atoms with Gasteiger partial charge in [-0.25, -0.2) is 0 Å². The fraction of sp³-hybridized carbons (Fsp3) is 0.684. The topological polar surface area (TPSA) is 35.2 Å². The smallest absolute Gasteiger partial charge is 0.142 e. The predicted octanol–water partition coefficient (Wildman–Crippen LogP) is 6.29. The van der Waals surface area contributed by atoms with E-state index < -0.39 is 0 Å². The Bertz CT molecular complexity index is 395. The summed E-state index contributed by atoms with van der Waals surface area (Å²) in [6.07, 6.45) is 13.9. The maximum absolute atomic E-state index is 5.83. The minimum absolute atomic E-state index is 0.714. The van der Waals surface area contributed by atoms with Gasteiger partial charge in [0, 0.05) is 4.90 Å². The van der Waals surface area contributed by atoms with Crippen molar-refractivity contribution in [3.05, 3.63) is 18.2 Å². The van der Waals surface area contributed by atoms with Crippen molar-refractivity contribution in [1.29, 1.82) is 0 Å². The van der Waals surface area contributed by atoms with Gasteiger partial charge in [0.1, 0.15) is 5.75 Å². The van der Waals surface area contributed by atoms with E-state index in [-0.39, 0.29) is 0 Å². The van der Waals surface area contributed by atoms with Gasteiger partial charge in [0.2, 0.25) is 0 Å². The fourth-order valence-corrected chi connectivity index (χ4v) is 3.50. The van der Waals surface area contributed by atoms with Gasteiger partial charge in [0.15, 0.2) is 0 Å². The van der Waals surface area contributed by atoms with E-state index in [4.69, 9.17) is 10.5 Å². The highest BCUT2D eigenvalue weighted by atomic mass is 32.2. The van der Waals surface area contributed by atoms with Crippen LogP contribution in [-0.2, 0) is 0 Å². The summed E-state index contributed by atoms with van der Waals surface area (Å²) in [6, 6.07) is 6.05. The van der Waals surface area contributed by atoms with Crippen LogP contribution >= 0.6 is 11.8 Å². The van der Waals surface area contributed by atoms with Gasteiger partial charge < -0.3 is 10.5 Å². The van der Waals surface area contributed by atoms with Gasteiger partial charge >= 0.3 is 0 Å². The molecule has 0 aromatic heterocycles. The predicted molar refractivity (Wildman–Crippen MR) is 100.0 cm³/mol. The van der Waals surface area contributed by atoms with Crippen molar-refractivity contribution in [1.82, 2.24) is 0 Å². The van der Waals surface area contributed by atoms with E-state index >= 15 is 0 Å². The summed E-state index contributed by atoms with van der Waals surface area (Å²) in [6.45, 7) is 2.28. The molecule has 0 fully saturated rings. The number of hydrogen-bond donors (Lipinski definition) is 1. The normalized spacial score (nSPS) is 10.8. The molecule has 3 heteroatoms. The number of methoxy groups -OCH3 is 1. The van der Waals surface area contributed by atoms with Gasteiger partial charge in [-0.15, -0.1) is 11.8 Å². The van der Waals surface area contributed by atoms with E-state index in [0.717, 1.165) is 5.75 Å². The molecule has 0 unspecified atom stereocenters. The van der Waals surface area contributed by atoms with Crippen LogP contribution in [0.5, 0.6) is 5.75 Å². The summed E-state index contributed by atoms with van der Waals surface area (Å²) in [5, 5.41) is 0. The van der Waals surface area contributed by atoms with Crippen molar-refractivity contribution >= 4 is 17.4 Å². The Morgan fingerprint density at radius 3 is 2.09 bits per heavy atom. The summed E-state index contributed by atoms with van der Waals surface area (Å²) < 4.78 is 5.25. The molecule has 0 saturated carbocycles. The van der Waals surface area contributed by atoms with Crippen molar-refractivity contribution in [3.63, 3.8) is 0 Å². The van der Waals surface area contributed by atoms with Crippen LogP contribution in [0.15, 0.2) is 23.1 Å². The molecule has 126 valence electrons. The van der Waals surface area contributed by atoms with Crippen LogP contribution in [0.4, 0.5) is 5.69 Å². The van der Waals surface area contributed by atoms with Crippen molar-refractivity contribution in [2.45, 2.75) is 76.0 Å². The number of anilines is 1. The molecule has 1 aromatic rings. The number of hydrogen-bond acceptors (Lipinski definition) is 3. The minimum Gasteiger partial charge on any atom is -0.495 e. The molecule has 0 aliphatic rings. The lowest BCUT2D eigenvalue weighted by Gasteiger charge is -2.07. The Balaban J connectivity index is 1.97. The molecule has 2 N–H and O–H groups in total. The second kappa shape index (κ2) is 12.7. The van der Waals surface area contributed by atoms with E-state index in [1.165, 1.54) is 74.9 Å². The van der Waals surface area contributed by atoms with E-state index in [9.17, 15) is 0 Å². The molecule has 1 rings (SSSR count). The molecular weight excluding hydrogens is 290 g/mol. The standard InChI is InChI=1S/C19H33NOS/c1-3-4-5-6-7-8-9-10-11-12-15-22-17-13-14-18(20)19(16-17)21-2/h13-14,16H,3-12,15,20H2,1-2H3. The summed E-state index contributed by atoms with van der Waals surface area (Å²) >= 11 is 1.90. The number of nitrogens with two attached hydrogens (primary N) is 1. The van der Waals surface area contributed by atoms with Crippen LogP contribution in [0, 0.1) is 0 Å². The molecule has 0 radical (unpaired) electrons. The third kappa shape index (κ3) is 8.57. The third-order valence-corrected chi connectivity index (χ3v) is 5.05. The zero-order valence-electron chi connectivity index (χ0n) is 14.4. The first-order chi connectivity index (χ1) is 10.8. The highest BCUT2D eigenvalue weighted by molar-refractivity contribution is 7.99. The highest BCUT2D eigenvalue weighted by Crippen LogP contribution is 2.28. The van der Waals surface area contributed by atoms with Gasteiger partial charge in [0.05, 0.1) is 12.8 Å². The first kappa shape index (κ1) is 19.2. The second-order valence-electron chi connectivity index (χ2n) is 5.93. The number of rotatable bonds is 13. The summed E-state index contributed by atoms with van der Waals surface area (Å²) in [5.74, 6) is 1.97. The van der Waals surface area contributed by atoms with Gasteiger partial charge in [-0.1, -0.05) is 64.7 Å².